The maximum absolute atomic E-state index is 14.4. The SMILES string of the molecule is Cn1ccnc1C[C@H]1O[C@H](c2cccc(Cl)c2)[C@@H](c2ccc(Cl)cc2)N(C(CSC(C)(C)C)=C2CC2)C1=O. The molecule has 3 aromatic rings. The first kappa shape index (κ1) is 27.3. The number of amides is 1. The molecule has 5 rings (SSSR count). The third-order valence-electron chi connectivity index (χ3n) is 6.91. The van der Waals surface area contributed by atoms with Crippen LogP contribution in [0.25, 0.3) is 0 Å². The molecule has 5 nitrogen and oxygen atoms in total. The number of aryl methyl sites for hydroxylation is 1. The molecule has 0 spiro atoms. The molecule has 200 valence electrons. The topological polar surface area (TPSA) is 47.4 Å². The molecule has 2 aliphatic rings. The van der Waals surface area contributed by atoms with Gasteiger partial charge in [0.15, 0.2) is 0 Å². The van der Waals surface area contributed by atoms with Crippen LogP contribution in [0, 0.1) is 0 Å². The van der Waals surface area contributed by atoms with E-state index >= 15 is 0 Å². The van der Waals surface area contributed by atoms with Crippen LogP contribution < -0.4 is 0 Å². The smallest absolute Gasteiger partial charge is 0.257 e. The van der Waals surface area contributed by atoms with E-state index in [1.165, 1.54) is 5.57 Å². The molecule has 3 atom stereocenters. The number of hydrogen-bond donors (Lipinski definition) is 0. The molecule has 1 saturated carbocycles. The molecule has 0 radical (unpaired) electrons. The van der Waals surface area contributed by atoms with Crippen LogP contribution in [0.2, 0.25) is 10.0 Å². The second-order valence-electron chi connectivity index (χ2n) is 10.9. The lowest BCUT2D eigenvalue weighted by Gasteiger charge is -2.46. The minimum absolute atomic E-state index is 0.0323. The summed E-state index contributed by atoms with van der Waals surface area (Å²) in [5.41, 5.74) is 4.36. The van der Waals surface area contributed by atoms with E-state index in [1.54, 1.807) is 6.20 Å². The summed E-state index contributed by atoms with van der Waals surface area (Å²) in [6.07, 6.45) is 4.96. The highest BCUT2D eigenvalue weighted by Gasteiger charge is 2.47. The summed E-state index contributed by atoms with van der Waals surface area (Å²) in [6, 6.07) is 15.2. The Bertz CT molecular complexity index is 1340. The number of allylic oxidation sites excluding steroid dienone is 1. The van der Waals surface area contributed by atoms with Crippen molar-refractivity contribution in [1.29, 1.82) is 0 Å². The van der Waals surface area contributed by atoms with Crippen LogP contribution in [0.4, 0.5) is 0 Å². The molecule has 2 heterocycles. The van der Waals surface area contributed by atoms with Gasteiger partial charge in [0.05, 0.1) is 6.04 Å². The second kappa shape index (κ2) is 11.1. The zero-order chi connectivity index (χ0) is 27.0. The van der Waals surface area contributed by atoms with Crippen LogP contribution >= 0.6 is 35.0 Å². The highest BCUT2D eigenvalue weighted by molar-refractivity contribution is 8.00. The van der Waals surface area contributed by atoms with E-state index in [4.69, 9.17) is 27.9 Å². The first-order chi connectivity index (χ1) is 18.1. The van der Waals surface area contributed by atoms with E-state index < -0.39 is 12.2 Å². The molecule has 0 bridgehead atoms. The fourth-order valence-corrected chi connectivity index (χ4v) is 6.08. The molecule has 1 saturated heterocycles. The number of halogens is 2. The van der Waals surface area contributed by atoms with Crippen molar-refractivity contribution in [2.75, 3.05) is 5.75 Å². The van der Waals surface area contributed by atoms with E-state index in [2.05, 4.69) is 25.8 Å². The Morgan fingerprint density at radius 1 is 1.08 bits per heavy atom. The predicted octanol–water partition coefficient (Wildman–Crippen LogP) is 7.56. The Kier molecular flexibility index (Phi) is 7.97. The Morgan fingerprint density at radius 3 is 2.42 bits per heavy atom. The van der Waals surface area contributed by atoms with Gasteiger partial charge in [0, 0.05) is 52.1 Å². The van der Waals surface area contributed by atoms with Crippen molar-refractivity contribution in [1.82, 2.24) is 14.5 Å². The molecule has 8 heteroatoms. The number of carbonyl (C=O) groups is 1. The van der Waals surface area contributed by atoms with Crippen molar-refractivity contribution >= 4 is 40.9 Å². The Labute approximate surface area is 239 Å². The van der Waals surface area contributed by atoms with Gasteiger partial charge in [-0.3, -0.25) is 4.79 Å². The third kappa shape index (κ3) is 6.15. The van der Waals surface area contributed by atoms with Crippen molar-refractivity contribution < 1.29 is 9.53 Å². The number of imidazole rings is 1. The normalized spacial score (nSPS) is 21.6. The molecule has 2 fully saturated rings. The number of benzene rings is 2. The minimum atomic E-state index is -0.683. The lowest BCUT2D eigenvalue weighted by molar-refractivity contribution is -0.170. The maximum atomic E-state index is 14.4. The Balaban J connectivity index is 1.64. The highest BCUT2D eigenvalue weighted by atomic mass is 35.5. The number of aromatic nitrogens is 2. The number of nitrogens with zero attached hydrogens (tertiary/aromatic N) is 3. The minimum Gasteiger partial charge on any atom is -0.357 e. The lowest BCUT2D eigenvalue weighted by atomic mass is 9.90. The molecular weight excluding hydrogens is 537 g/mol. The van der Waals surface area contributed by atoms with Crippen LogP contribution in [0.3, 0.4) is 0 Å². The summed E-state index contributed by atoms with van der Waals surface area (Å²) in [7, 11) is 1.94. The number of carbonyl (C=O) groups excluding carboxylic acids is 1. The van der Waals surface area contributed by atoms with Crippen LogP contribution in [0.1, 0.15) is 62.7 Å². The fraction of sp³-hybridized carbons (Fsp3) is 0.400. The number of thioether (sulfide) groups is 1. The van der Waals surface area contributed by atoms with Crippen molar-refractivity contribution in [2.24, 2.45) is 7.05 Å². The largest absolute Gasteiger partial charge is 0.357 e. The van der Waals surface area contributed by atoms with E-state index in [0.717, 1.165) is 41.2 Å². The molecule has 0 unspecified atom stereocenters. The highest BCUT2D eigenvalue weighted by Crippen LogP contribution is 2.48. The summed E-state index contributed by atoms with van der Waals surface area (Å²) in [5, 5.41) is 1.29. The zero-order valence-electron chi connectivity index (χ0n) is 22.2. The molecule has 1 amide bonds. The monoisotopic (exact) mass is 569 g/mol. The van der Waals surface area contributed by atoms with Gasteiger partial charge in [0.2, 0.25) is 0 Å². The molecule has 38 heavy (non-hydrogen) atoms. The van der Waals surface area contributed by atoms with Crippen molar-refractivity contribution in [3.8, 4) is 0 Å². The molecule has 1 aliphatic heterocycles. The van der Waals surface area contributed by atoms with Gasteiger partial charge in [-0.05, 0) is 53.8 Å². The zero-order valence-corrected chi connectivity index (χ0v) is 24.5. The summed E-state index contributed by atoms with van der Waals surface area (Å²) >= 11 is 14.6. The third-order valence-corrected chi connectivity index (χ3v) is 8.68. The number of ether oxygens (including phenoxy) is 1. The summed E-state index contributed by atoms with van der Waals surface area (Å²) in [5.74, 6) is 1.53. The molecule has 0 N–H and O–H groups in total. The van der Waals surface area contributed by atoms with Gasteiger partial charge < -0.3 is 14.2 Å². The van der Waals surface area contributed by atoms with Crippen LogP contribution in [0.15, 0.2) is 72.2 Å². The van der Waals surface area contributed by atoms with Crippen LogP contribution in [-0.2, 0) is 23.0 Å². The number of morpholine rings is 1. The van der Waals surface area contributed by atoms with Crippen molar-refractivity contribution in [2.45, 2.75) is 63.0 Å². The van der Waals surface area contributed by atoms with Crippen molar-refractivity contribution in [3.05, 3.63) is 99.2 Å². The first-order valence-electron chi connectivity index (χ1n) is 12.9. The second-order valence-corrected chi connectivity index (χ2v) is 13.6. The number of hydrogen-bond acceptors (Lipinski definition) is 4. The van der Waals surface area contributed by atoms with E-state index in [0.29, 0.717) is 16.5 Å². The van der Waals surface area contributed by atoms with Crippen LogP contribution in [0.5, 0.6) is 0 Å². The average Bonchev–Trinajstić information content (AvgIpc) is 3.63. The maximum Gasteiger partial charge on any atom is 0.257 e. The van der Waals surface area contributed by atoms with Gasteiger partial charge in [-0.25, -0.2) is 4.98 Å². The first-order valence-corrected chi connectivity index (χ1v) is 14.7. The van der Waals surface area contributed by atoms with E-state index in [-0.39, 0.29) is 16.7 Å². The molecule has 2 aromatic carbocycles. The molecular formula is C30H33Cl2N3O2S. The van der Waals surface area contributed by atoms with Gasteiger partial charge in [-0.1, -0.05) is 68.2 Å². The lowest BCUT2D eigenvalue weighted by Crippen LogP contribution is -2.51. The van der Waals surface area contributed by atoms with Crippen molar-refractivity contribution in [3.63, 3.8) is 0 Å². The Hall–Kier alpha value is -2.25. The van der Waals surface area contributed by atoms with Crippen LogP contribution in [-0.4, -0.2) is 37.0 Å². The Morgan fingerprint density at radius 2 is 1.82 bits per heavy atom. The fourth-order valence-electron chi connectivity index (χ4n) is 4.84. The van der Waals surface area contributed by atoms with Gasteiger partial charge >= 0.3 is 0 Å². The molecule has 1 aromatic heterocycles. The van der Waals surface area contributed by atoms with Gasteiger partial charge in [-0.15, -0.1) is 11.8 Å². The predicted molar refractivity (Wildman–Crippen MR) is 155 cm³/mol. The van der Waals surface area contributed by atoms with Gasteiger partial charge in [0.25, 0.3) is 5.91 Å². The summed E-state index contributed by atoms with van der Waals surface area (Å²) in [6.45, 7) is 6.63. The number of rotatable bonds is 7. The summed E-state index contributed by atoms with van der Waals surface area (Å²) < 4.78 is 8.73. The van der Waals surface area contributed by atoms with E-state index in [9.17, 15) is 4.79 Å². The van der Waals surface area contributed by atoms with Gasteiger partial charge in [0.1, 0.15) is 18.0 Å². The summed E-state index contributed by atoms with van der Waals surface area (Å²) in [4.78, 5) is 20.9. The van der Waals surface area contributed by atoms with Gasteiger partial charge in [-0.2, -0.15) is 0 Å². The standard InChI is InChI=1S/C30H33Cl2N3O2S/c1-30(2,3)38-18-24(19-8-9-19)35-27(20-10-12-22(31)13-11-20)28(21-6-5-7-23(32)16-21)37-25(29(35)36)17-26-33-14-15-34(26)4/h5-7,10-16,25,27-28H,8-9,17-18H2,1-4H3/t25-,27-,28-/m1/s1. The average molecular weight is 571 g/mol. The molecule has 1 aliphatic carbocycles. The van der Waals surface area contributed by atoms with E-state index in [1.807, 2.05) is 83.0 Å². The quantitative estimate of drug-likeness (QED) is 0.294.